The number of carbonyl (C=O) groups is 1. The summed E-state index contributed by atoms with van der Waals surface area (Å²) < 4.78 is 14.1. The first-order valence-corrected chi connectivity index (χ1v) is 6.59. The minimum atomic E-state index is -0.500. The molecule has 1 aromatic rings. The molecule has 0 aliphatic heterocycles. The summed E-state index contributed by atoms with van der Waals surface area (Å²) in [4.78, 5) is 11.8. The van der Waals surface area contributed by atoms with Gasteiger partial charge in [-0.25, -0.2) is 4.39 Å². The van der Waals surface area contributed by atoms with E-state index in [0.29, 0.717) is 4.47 Å². The van der Waals surface area contributed by atoms with Crippen molar-refractivity contribution in [2.45, 2.75) is 39.2 Å². The molecular formula is C13H17BrFNO. The predicted molar refractivity (Wildman–Crippen MR) is 70.6 cm³/mol. The maximum Gasteiger partial charge on any atom is 0.254 e. The van der Waals surface area contributed by atoms with Crippen LogP contribution in [0.5, 0.6) is 0 Å². The highest BCUT2D eigenvalue weighted by Crippen LogP contribution is 2.15. The van der Waals surface area contributed by atoms with E-state index in [-0.39, 0.29) is 17.5 Å². The Labute approximate surface area is 110 Å². The molecule has 0 saturated carbocycles. The van der Waals surface area contributed by atoms with E-state index in [1.54, 1.807) is 6.07 Å². The fourth-order valence-corrected chi connectivity index (χ4v) is 1.89. The lowest BCUT2D eigenvalue weighted by Crippen LogP contribution is -2.33. The van der Waals surface area contributed by atoms with Gasteiger partial charge in [0.25, 0.3) is 5.91 Å². The average Bonchev–Trinajstić information content (AvgIpc) is 2.26. The van der Waals surface area contributed by atoms with Crippen LogP contribution in [-0.2, 0) is 0 Å². The molecule has 1 aromatic carbocycles. The Kier molecular flexibility index (Phi) is 5.62. The fraction of sp³-hybridized carbons (Fsp3) is 0.462. The average molecular weight is 302 g/mol. The van der Waals surface area contributed by atoms with Crippen LogP contribution in [0.1, 0.15) is 43.5 Å². The number of unbranched alkanes of at least 4 members (excludes halogenated alkanes) is 1. The van der Waals surface area contributed by atoms with E-state index in [4.69, 9.17) is 0 Å². The van der Waals surface area contributed by atoms with Crippen molar-refractivity contribution in [2.75, 3.05) is 0 Å². The largest absolute Gasteiger partial charge is 0.349 e. The third kappa shape index (κ3) is 4.46. The number of amides is 1. The molecular weight excluding hydrogens is 285 g/mol. The first-order chi connectivity index (χ1) is 8.04. The Morgan fingerprint density at radius 3 is 2.82 bits per heavy atom. The summed E-state index contributed by atoms with van der Waals surface area (Å²) in [6, 6.07) is 4.52. The molecule has 1 atom stereocenters. The van der Waals surface area contributed by atoms with Crippen molar-refractivity contribution >= 4 is 21.8 Å². The molecule has 17 heavy (non-hydrogen) atoms. The fourth-order valence-electron chi connectivity index (χ4n) is 1.56. The van der Waals surface area contributed by atoms with Gasteiger partial charge in [-0.15, -0.1) is 0 Å². The molecule has 0 spiro atoms. The van der Waals surface area contributed by atoms with Gasteiger partial charge in [-0.3, -0.25) is 4.79 Å². The summed E-state index contributed by atoms with van der Waals surface area (Å²) in [7, 11) is 0. The SMILES string of the molecule is CCCCC(C)NC(=O)c1ccc(Br)cc1F. The lowest BCUT2D eigenvalue weighted by Gasteiger charge is -2.13. The quantitative estimate of drug-likeness (QED) is 0.878. The minimum absolute atomic E-state index is 0.0745. The molecule has 0 saturated heterocycles. The molecule has 0 heterocycles. The Hall–Kier alpha value is -0.900. The van der Waals surface area contributed by atoms with E-state index >= 15 is 0 Å². The lowest BCUT2D eigenvalue weighted by atomic mass is 10.1. The molecule has 0 aliphatic carbocycles. The maximum atomic E-state index is 13.5. The van der Waals surface area contributed by atoms with Crippen molar-refractivity contribution in [3.8, 4) is 0 Å². The normalized spacial score (nSPS) is 12.2. The molecule has 4 heteroatoms. The number of nitrogens with one attached hydrogen (secondary N) is 1. The molecule has 0 aromatic heterocycles. The van der Waals surface area contributed by atoms with Crippen LogP contribution in [0, 0.1) is 5.82 Å². The zero-order valence-electron chi connectivity index (χ0n) is 10.1. The number of benzene rings is 1. The smallest absolute Gasteiger partial charge is 0.254 e. The van der Waals surface area contributed by atoms with Gasteiger partial charge in [-0.05, 0) is 31.5 Å². The maximum absolute atomic E-state index is 13.5. The Morgan fingerprint density at radius 2 is 2.24 bits per heavy atom. The van der Waals surface area contributed by atoms with Crippen LogP contribution in [0.3, 0.4) is 0 Å². The lowest BCUT2D eigenvalue weighted by molar-refractivity contribution is 0.0934. The first-order valence-electron chi connectivity index (χ1n) is 5.80. The van der Waals surface area contributed by atoms with Crippen molar-refractivity contribution in [3.05, 3.63) is 34.1 Å². The minimum Gasteiger partial charge on any atom is -0.349 e. The number of hydrogen-bond donors (Lipinski definition) is 1. The number of rotatable bonds is 5. The summed E-state index contributed by atoms with van der Waals surface area (Å²) in [6.45, 7) is 4.03. The van der Waals surface area contributed by atoms with Gasteiger partial charge in [0.05, 0.1) is 5.56 Å². The van der Waals surface area contributed by atoms with Crippen molar-refractivity contribution < 1.29 is 9.18 Å². The number of halogens is 2. The van der Waals surface area contributed by atoms with Gasteiger partial charge < -0.3 is 5.32 Å². The standard InChI is InChI=1S/C13H17BrFNO/c1-3-4-5-9(2)16-13(17)11-7-6-10(14)8-12(11)15/h6-9H,3-5H2,1-2H3,(H,16,17). The third-order valence-corrected chi connectivity index (χ3v) is 3.04. The van der Waals surface area contributed by atoms with Crippen LogP contribution in [0.4, 0.5) is 4.39 Å². The van der Waals surface area contributed by atoms with Gasteiger partial charge in [0.1, 0.15) is 5.82 Å². The van der Waals surface area contributed by atoms with Crippen LogP contribution >= 0.6 is 15.9 Å². The van der Waals surface area contributed by atoms with Gasteiger partial charge in [-0.2, -0.15) is 0 Å². The highest BCUT2D eigenvalue weighted by molar-refractivity contribution is 9.10. The highest BCUT2D eigenvalue weighted by Gasteiger charge is 2.13. The van der Waals surface area contributed by atoms with Gasteiger partial charge in [0.15, 0.2) is 0 Å². The summed E-state index contributed by atoms with van der Waals surface area (Å²) in [5.74, 6) is -0.849. The highest BCUT2D eigenvalue weighted by atomic mass is 79.9. The van der Waals surface area contributed by atoms with Crippen LogP contribution in [0.25, 0.3) is 0 Å². The van der Waals surface area contributed by atoms with Gasteiger partial charge in [0, 0.05) is 10.5 Å². The van der Waals surface area contributed by atoms with E-state index in [2.05, 4.69) is 28.2 Å². The molecule has 0 fully saturated rings. The second-order valence-electron chi connectivity index (χ2n) is 4.14. The monoisotopic (exact) mass is 301 g/mol. The molecule has 94 valence electrons. The van der Waals surface area contributed by atoms with Gasteiger partial charge in [0.2, 0.25) is 0 Å². The van der Waals surface area contributed by atoms with Crippen molar-refractivity contribution in [3.63, 3.8) is 0 Å². The van der Waals surface area contributed by atoms with Crippen LogP contribution in [0.15, 0.2) is 22.7 Å². The predicted octanol–water partition coefficient (Wildman–Crippen LogP) is 3.90. The summed E-state index contributed by atoms with van der Waals surface area (Å²) >= 11 is 3.16. The molecule has 0 radical (unpaired) electrons. The second kappa shape index (κ2) is 6.74. The molecule has 1 unspecified atom stereocenters. The topological polar surface area (TPSA) is 29.1 Å². The molecule has 1 N–H and O–H groups in total. The van der Waals surface area contributed by atoms with Crippen LogP contribution in [0.2, 0.25) is 0 Å². The first kappa shape index (κ1) is 14.2. The van der Waals surface area contributed by atoms with E-state index < -0.39 is 5.82 Å². The number of hydrogen-bond acceptors (Lipinski definition) is 1. The number of carbonyl (C=O) groups excluding carboxylic acids is 1. The molecule has 0 aliphatic rings. The summed E-state index contributed by atoms with van der Waals surface area (Å²) in [5.41, 5.74) is 0.0940. The Balaban J connectivity index is 2.63. The zero-order valence-corrected chi connectivity index (χ0v) is 11.7. The second-order valence-corrected chi connectivity index (χ2v) is 5.06. The van der Waals surface area contributed by atoms with Crippen molar-refractivity contribution in [1.29, 1.82) is 0 Å². The molecule has 1 amide bonds. The van der Waals surface area contributed by atoms with Gasteiger partial charge in [-0.1, -0.05) is 35.7 Å². The molecule has 2 nitrogen and oxygen atoms in total. The zero-order chi connectivity index (χ0) is 12.8. The van der Waals surface area contributed by atoms with E-state index in [0.717, 1.165) is 19.3 Å². The Bertz CT molecular complexity index is 395. The Morgan fingerprint density at radius 1 is 1.53 bits per heavy atom. The third-order valence-electron chi connectivity index (χ3n) is 2.54. The van der Waals surface area contributed by atoms with Crippen molar-refractivity contribution in [1.82, 2.24) is 5.32 Å². The van der Waals surface area contributed by atoms with Crippen molar-refractivity contribution in [2.24, 2.45) is 0 Å². The summed E-state index contributed by atoms with van der Waals surface area (Å²) in [6.07, 6.45) is 3.07. The van der Waals surface area contributed by atoms with Gasteiger partial charge >= 0.3 is 0 Å². The van der Waals surface area contributed by atoms with Crippen LogP contribution < -0.4 is 5.32 Å². The molecule has 1 rings (SSSR count). The van der Waals surface area contributed by atoms with Crippen LogP contribution in [-0.4, -0.2) is 11.9 Å². The van der Waals surface area contributed by atoms with E-state index in [9.17, 15) is 9.18 Å². The summed E-state index contributed by atoms with van der Waals surface area (Å²) in [5, 5.41) is 2.80. The molecule has 0 bridgehead atoms. The van der Waals surface area contributed by atoms with E-state index in [1.165, 1.54) is 12.1 Å². The van der Waals surface area contributed by atoms with E-state index in [1.807, 2.05) is 6.92 Å².